The average molecular weight is 291 g/mol. The number of H-pyrrole nitrogens is 1. The number of hydrogen-bond acceptors (Lipinski definition) is 3. The van der Waals surface area contributed by atoms with Crippen LogP contribution in [0.3, 0.4) is 0 Å². The lowest BCUT2D eigenvalue weighted by Gasteiger charge is -2.10. The number of anilines is 1. The minimum absolute atomic E-state index is 0.218. The summed E-state index contributed by atoms with van der Waals surface area (Å²) < 4.78 is 0. The lowest BCUT2D eigenvalue weighted by Crippen LogP contribution is -2.09. The van der Waals surface area contributed by atoms with Gasteiger partial charge in [-0.15, -0.1) is 0 Å². The van der Waals surface area contributed by atoms with Gasteiger partial charge in [0.2, 0.25) is 0 Å². The lowest BCUT2D eigenvalue weighted by atomic mass is 9.93. The van der Waals surface area contributed by atoms with Crippen molar-refractivity contribution in [3.63, 3.8) is 0 Å². The van der Waals surface area contributed by atoms with E-state index in [1.807, 2.05) is 31.2 Å². The number of aryl methyl sites for hydroxylation is 2. The number of carbonyl (C=O) groups excluding carboxylic acids is 1. The zero-order valence-electron chi connectivity index (χ0n) is 12.4. The normalized spacial score (nSPS) is 14.3. The minimum Gasteiger partial charge on any atom is -0.383 e. The number of nitrogens with one attached hydrogen (secondary N) is 1. The first kappa shape index (κ1) is 13.1. The molecule has 0 spiro atoms. The van der Waals surface area contributed by atoms with Gasteiger partial charge in [0.25, 0.3) is 0 Å². The van der Waals surface area contributed by atoms with Crippen LogP contribution in [0.4, 0.5) is 5.82 Å². The lowest BCUT2D eigenvalue weighted by molar-refractivity contribution is 0.0968. The average Bonchev–Trinajstić information content (AvgIpc) is 2.87. The highest BCUT2D eigenvalue weighted by atomic mass is 16.1. The number of ketones is 1. The molecule has 4 nitrogen and oxygen atoms in total. The highest BCUT2D eigenvalue weighted by molar-refractivity contribution is 6.04. The molecular formula is C18H17N3O. The first-order valence-corrected chi connectivity index (χ1v) is 7.55. The van der Waals surface area contributed by atoms with Gasteiger partial charge in [0.1, 0.15) is 5.82 Å². The fourth-order valence-electron chi connectivity index (χ4n) is 3.28. The molecule has 3 N–H and O–H groups in total. The van der Waals surface area contributed by atoms with Gasteiger partial charge in [0.15, 0.2) is 5.78 Å². The summed E-state index contributed by atoms with van der Waals surface area (Å²) in [6.07, 6.45) is 2.52. The van der Waals surface area contributed by atoms with Gasteiger partial charge >= 0.3 is 0 Å². The zero-order valence-corrected chi connectivity index (χ0v) is 12.4. The zero-order chi connectivity index (χ0) is 15.3. The van der Waals surface area contributed by atoms with Crippen molar-refractivity contribution in [2.75, 3.05) is 5.73 Å². The Kier molecular flexibility index (Phi) is 2.79. The van der Waals surface area contributed by atoms with Crippen LogP contribution in [0.25, 0.3) is 22.0 Å². The van der Waals surface area contributed by atoms with E-state index in [9.17, 15) is 4.79 Å². The molecule has 0 saturated heterocycles. The third-order valence-electron chi connectivity index (χ3n) is 4.39. The van der Waals surface area contributed by atoms with Crippen LogP contribution in [0.15, 0.2) is 30.3 Å². The molecule has 4 rings (SSSR count). The Hall–Kier alpha value is -2.62. The van der Waals surface area contributed by atoms with E-state index >= 15 is 0 Å². The maximum atomic E-state index is 12.0. The Balaban J connectivity index is 1.92. The Labute approximate surface area is 128 Å². The van der Waals surface area contributed by atoms with Crippen LogP contribution in [0.1, 0.15) is 34.6 Å². The fourth-order valence-corrected chi connectivity index (χ4v) is 3.28. The summed E-state index contributed by atoms with van der Waals surface area (Å²) in [6.45, 7) is 1.93. The monoisotopic (exact) mass is 291 g/mol. The van der Waals surface area contributed by atoms with Crippen molar-refractivity contribution >= 4 is 22.5 Å². The number of fused-ring (bicyclic) bond motifs is 3. The molecule has 0 aliphatic heterocycles. The number of Topliss-reactive ketones (excluding diaryl/α,β-unsaturated/α-hetero) is 1. The molecule has 0 amide bonds. The van der Waals surface area contributed by atoms with E-state index in [4.69, 9.17) is 5.73 Å². The highest BCUT2D eigenvalue weighted by Crippen LogP contribution is 2.33. The summed E-state index contributed by atoms with van der Waals surface area (Å²) in [5.74, 6) is 0.760. The third kappa shape index (κ3) is 1.91. The van der Waals surface area contributed by atoms with Gasteiger partial charge in [0, 0.05) is 28.6 Å². The molecule has 1 aliphatic rings. The van der Waals surface area contributed by atoms with Gasteiger partial charge in [-0.05, 0) is 55.2 Å². The maximum absolute atomic E-state index is 12.0. The Morgan fingerprint density at radius 3 is 2.86 bits per heavy atom. The van der Waals surface area contributed by atoms with Crippen molar-refractivity contribution in [2.45, 2.75) is 26.2 Å². The van der Waals surface area contributed by atoms with Crippen molar-refractivity contribution in [1.29, 1.82) is 0 Å². The van der Waals surface area contributed by atoms with Crippen LogP contribution in [-0.4, -0.2) is 15.8 Å². The summed E-state index contributed by atoms with van der Waals surface area (Å²) in [5, 5.41) is 1.13. The predicted molar refractivity (Wildman–Crippen MR) is 87.9 cm³/mol. The quantitative estimate of drug-likeness (QED) is 0.719. The number of hydrogen-bond donors (Lipinski definition) is 2. The molecule has 4 heteroatoms. The second-order valence-corrected chi connectivity index (χ2v) is 5.90. The number of pyridine rings is 1. The van der Waals surface area contributed by atoms with E-state index in [-0.39, 0.29) is 5.78 Å². The first-order valence-electron chi connectivity index (χ1n) is 7.55. The molecule has 0 saturated carbocycles. The standard InChI is InChI=1S/C18H17N3O/c1-10-5-7-12(18(19)20-10)11-6-8-15-14(9-11)13-3-2-4-16(22)17(13)21-15/h5-9,21H,2-4H2,1H3,(H2,19,20). The van der Waals surface area contributed by atoms with Crippen LogP contribution < -0.4 is 5.73 Å². The maximum Gasteiger partial charge on any atom is 0.179 e. The number of nitrogens with two attached hydrogens (primary N) is 1. The van der Waals surface area contributed by atoms with E-state index < -0.39 is 0 Å². The van der Waals surface area contributed by atoms with Crippen molar-refractivity contribution in [3.05, 3.63) is 47.3 Å². The van der Waals surface area contributed by atoms with E-state index in [1.165, 1.54) is 0 Å². The van der Waals surface area contributed by atoms with Gasteiger partial charge in [-0.2, -0.15) is 0 Å². The van der Waals surface area contributed by atoms with E-state index in [0.717, 1.165) is 51.8 Å². The number of rotatable bonds is 1. The number of benzene rings is 1. The molecule has 2 aromatic heterocycles. The van der Waals surface area contributed by atoms with Gasteiger partial charge < -0.3 is 10.7 Å². The van der Waals surface area contributed by atoms with Crippen molar-refractivity contribution in [3.8, 4) is 11.1 Å². The van der Waals surface area contributed by atoms with Crippen LogP contribution in [-0.2, 0) is 6.42 Å². The Bertz CT molecular complexity index is 908. The minimum atomic E-state index is 0.218. The van der Waals surface area contributed by atoms with Crippen molar-refractivity contribution in [1.82, 2.24) is 9.97 Å². The molecule has 1 aliphatic carbocycles. The van der Waals surface area contributed by atoms with Crippen LogP contribution in [0.2, 0.25) is 0 Å². The molecule has 0 atom stereocenters. The number of aromatic nitrogens is 2. The summed E-state index contributed by atoms with van der Waals surface area (Å²) >= 11 is 0. The molecule has 0 bridgehead atoms. The van der Waals surface area contributed by atoms with Gasteiger partial charge in [-0.3, -0.25) is 4.79 Å². The van der Waals surface area contributed by atoms with Gasteiger partial charge in [-0.1, -0.05) is 6.07 Å². The van der Waals surface area contributed by atoms with Gasteiger partial charge in [0.05, 0.1) is 5.69 Å². The Morgan fingerprint density at radius 2 is 2.05 bits per heavy atom. The molecular weight excluding hydrogens is 274 g/mol. The number of nitrogen functional groups attached to an aromatic ring is 1. The summed E-state index contributed by atoms with van der Waals surface area (Å²) in [4.78, 5) is 19.6. The molecule has 0 unspecified atom stereocenters. The summed E-state index contributed by atoms with van der Waals surface area (Å²) in [5.41, 5.74) is 11.9. The number of carbonyl (C=O) groups is 1. The number of nitrogens with zero attached hydrogens (tertiary/aromatic N) is 1. The summed E-state index contributed by atoms with van der Waals surface area (Å²) in [7, 11) is 0. The van der Waals surface area contributed by atoms with E-state index in [1.54, 1.807) is 0 Å². The van der Waals surface area contributed by atoms with E-state index in [2.05, 4.69) is 16.0 Å². The molecule has 1 aromatic carbocycles. The molecule has 0 radical (unpaired) electrons. The first-order chi connectivity index (χ1) is 10.6. The largest absolute Gasteiger partial charge is 0.383 e. The number of aromatic amines is 1. The molecule has 110 valence electrons. The molecule has 3 aromatic rings. The SMILES string of the molecule is Cc1ccc(-c2ccc3[nH]c4c(c3c2)CCCC4=O)c(N)n1. The summed E-state index contributed by atoms with van der Waals surface area (Å²) in [6, 6.07) is 10.1. The van der Waals surface area contributed by atoms with Gasteiger partial charge in [-0.25, -0.2) is 4.98 Å². The molecule has 2 heterocycles. The molecule has 22 heavy (non-hydrogen) atoms. The second kappa shape index (κ2) is 4.70. The highest BCUT2D eigenvalue weighted by Gasteiger charge is 2.22. The third-order valence-corrected chi connectivity index (χ3v) is 4.39. The predicted octanol–water partition coefficient (Wildman–Crippen LogP) is 3.64. The van der Waals surface area contributed by atoms with E-state index in [0.29, 0.717) is 12.2 Å². The Morgan fingerprint density at radius 1 is 1.18 bits per heavy atom. The fraction of sp³-hybridized carbons (Fsp3) is 0.222. The molecule has 0 fully saturated rings. The van der Waals surface area contributed by atoms with Crippen LogP contribution >= 0.6 is 0 Å². The van der Waals surface area contributed by atoms with Crippen LogP contribution in [0, 0.1) is 6.92 Å². The van der Waals surface area contributed by atoms with Crippen LogP contribution in [0.5, 0.6) is 0 Å². The van der Waals surface area contributed by atoms with Crippen molar-refractivity contribution in [2.24, 2.45) is 0 Å². The second-order valence-electron chi connectivity index (χ2n) is 5.90. The van der Waals surface area contributed by atoms with Crippen molar-refractivity contribution < 1.29 is 4.79 Å². The smallest absolute Gasteiger partial charge is 0.179 e. The topological polar surface area (TPSA) is 71.8 Å².